The molecule has 0 saturated heterocycles. The number of thiazole rings is 1. The van der Waals surface area contributed by atoms with E-state index in [-0.39, 0.29) is 18.3 Å². The minimum absolute atomic E-state index is 0. The van der Waals surface area contributed by atoms with Crippen molar-refractivity contribution >= 4 is 58.7 Å². The van der Waals surface area contributed by atoms with Gasteiger partial charge in [-0.15, -0.1) is 35.5 Å². The van der Waals surface area contributed by atoms with Gasteiger partial charge in [-0.2, -0.15) is 0 Å². The van der Waals surface area contributed by atoms with Gasteiger partial charge in [-0.05, 0) is 30.5 Å². The van der Waals surface area contributed by atoms with Gasteiger partial charge in [0.25, 0.3) is 5.91 Å². The summed E-state index contributed by atoms with van der Waals surface area (Å²) in [6.45, 7) is 2.59. The Labute approximate surface area is 149 Å². The number of halogens is 2. The number of hydrogen-bond donors (Lipinski definition) is 2. The van der Waals surface area contributed by atoms with Gasteiger partial charge < -0.3 is 11.1 Å². The normalized spacial score (nSPS) is 10.1. The van der Waals surface area contributed by atoms with E-state index in [0.29, 0.717) is 29.4 Å². The first-order valence-corrected chi connectivity index (χ1v) is 8.76. The van der Waals surface area contributed by atoms with Gasteiger partial charge >= 0.3 is 0 Å². The second-order valence-electron chi connectivity index (χ2n) is 4.19. The van der Waals surface area contributed by atoms with Crippen molar-refractivity contribution in [2.45, 2.75) is 18.2 Å². The van der Waals surface area contributed by atoms with Gasteiger partial charge in [0.1, 0.15) is 5.69 Å². The molecule has 0 saturated carbocycles. The van der Waals surface area contributed by atoms with Crippen LogP contribution < -0.4 is 11.1 Å². The van der Waals surface area contributed by atoms with Crippen LogP contribution in [0.3, 0.4) is 0 Å². The van der Waals surface area contributed by atoms with Crippen molar-refractivity contribution in [2.24, 2.45) is 5.73 Å². The number of aromatic nitrogens is 1. The molecule has 0 atom stereocenters. The fraction of sp³-hybridized carbons (Fsp3) is 0.286. The van der Waals surface area contributed by atoms with E-state index in [1.165, 1.54) is 11.3 Å². The maximum absolute atomic E-state index is 12.2. The van der Waals surface area contributed by atoms with E-state index >= 15 is 0 Å². The number of amides is 1. The average molecular weight is 378 g/mol. The van der Waals surface area contributed by atoms with E-state index in [1.807, 2.05) is 12.1 Å². The second-order valence-corrected chi connectivity index (χ2v) is 6.88. The zero-order chi connectivity index (χ0) is 15.2. The molecule has 3 N–H and O–H groups in total. The van der Waals surface area contributed by atoms with E-state index < -0.39 is 0 Å². The molecule has 120 valence electrons. The number of nitrogens with zero attached hydrogens (tertiary/aromatic N) is 1. The number of thioether (sulfide) groups is 1. The van der Waals surface area contributed by atoms with E-state index in [2.05, 4.69) is 17.2 Å². The third-order valence-corrected chi connectivity index (χ3v) is 4.73. The van der Waals surface area contributed by atoms with Crippen LogP contribution in [0.4, 0.5) is 5.69 Å². The van der Waals surface area contributed by atoms with Crippen LogP contribution in [-0.2, 0) is 6.42 Å². The van der Waals surface area contributed by atoms with Crippen molar-refractivity contribution in [1.82, 2.24) is 4.98 Å². The predicted octanol–water partition coefficient (Wildman–Crippen LogP) is 4.08. The zero-order valence-electron chi connectivity index (χ0n) is 12.0. The van der Waals surface area contributed by atoms with Gasteiger partial charge in [-0.1, -0.05) is 18.5 Å². The maximum atomic E-state index is 12.2. The molecule has 2 aromatic rings. The zero-order valence-corrected chi connectivity index (χ0v) is 15.2. The standard InChI is InChI=1S/C14H16ClN3OS2.ClH/c1-2-20-12-4-3-9(15)7-10(12)18-14(19)11-8-21-13(17-11)5-6-16;/h3-4,7-8H,2,5-6,16H2,1H3,(H,18,19);1H. The van der Waals surface area contributed by atoms with Crippen LogP contribution in [-0.4, -0.2) is 23.2 Å². The molecule has 4 nitrogen and oxygen atoms in total. The van der Waals surface area contributed by atoms with Gasteiger partial charge in [0.15, 0.2) is 0 Å². The quantitative estimate of drug-likeness (QED) is 0.743. The Balaban J connectivity index is 0.00000242. The molecule has 1 aromatic carbocycles. The predicted molar refractivity (Wildman–Crippen MR) is 97.9 cm³/mol. The maximum Gasteiger partial charge on any atom is 0.275 e. The lowest BCUT2D eigenvalue weighted by molar-refractivity contribution is 0.102. The SMILES string of the molecule is CCSc1ccc(Cl)cc1NC(=O)c1csc(CCN)n1.Cl. The first-order valence-electron chi connectivity index (χ1n) is 6.52. The molecule has 0 aliphatic rings. The van der Waals surface area contributed by atoms with Crippen molar-refractivity contribution in [2.75, 3.05) is 17.6 Å². The molecule has 1 heterocycles. The highest BCUT2D eigenvalue weighted by Gasteiger charge is 2.13. The molecule has 2 rings (SSSR count). The van der Waals surface area contributed by atoms with Crippen LogP contribution in [0.1, 0.15) is 22.4 Å². The highest BCUT2D eigenvalue weighted by atomic mass is 35.5. The number of hydrogen-bond acceptors (Lipinski definition) is 5. The largest absolute Gasteiger partial charge is 0.330 e. The van der Waals surface area contributed by atoms with Gasteiger partial charge in [0.05, 0.1) is 10.7 Å². The van der Waals surface area contributed by atoms with Crippen molar-refractivity contribution in [3.8, 4) is 0 Å². The summed E-state index contributed by atoms with van der Waals surface area (Å²) < 4.78 is 0. The summed E-state index contributed by atoms with van der Waals surface area (Å²) in [7, 11) is 0. The fourth-order valence-corrected chi connectivity index (χ4v) is 3.43. The number of carbonyl (C=O) groups is 1. The monoisotopic (exact) mass is 377 g/mol. The fourth-order valence-electron chi connectivity index (χ4n) is 1.72. The molecule has 0 aliphatic heterocycles. The summed E-state index contributed by atoms with van der Waals surface area (Å²) in [5.74, 6) is 0.691. The third-order valence-electron chi connectivity index (χ3n) is 2.63. The molecular weight excluding hydrogens is 361 g/mol. The van der Waals surface area contributed by atoms with E-state index in [4.69, 9.17) is 17.3 Å². The molecule has 0 fully saturated rings. The lowest BCUT2D eigenvalue weighted by Gasteiger charge is -2.09. The van der Waals surface area contributed by atoms with Gasteiger partial charge in [0.2, 0.25) is 0 Å². The van der Waals surface area contributed by atoms with Crippen LogP contribution in [0.15, 0.2) is 28.5 Å². The first-order chi connectivity index (χ1) is 10.1. The van der Waals surface area contributed by atoms with Crippen molar-refractivity contribution in [3.63, 3.8) is 0 Å². The summed E-state index contributed by atoms with van der Waals surface area (Å²) in [6.07, 6.45) is 0.687. The number of benzene rings is 1. The van der Waals surface area contributed by atoms with E-state index in [9.17, 15) is 4.79 Å². The van der Waals surface area contributed by atoms with Crippen molar-refractivity contribution < 1.29 is 4.79 Å². The van der Waals surface area contributed by atoms with Crippen molar-refractivity contribution in [3.05, 3.63) is 39.3 Å². The summed E-state index contributed by atoms with van der Waals surface area (Å²) in [5.41, 5.74) is 6.62. The smallest absolute Gasteiger partial charge is 0.275 e. The molecule has 0 aliphatic carbocycles. The molecule has 8 heteroatoms. The minimum atomic E-state index is -0.227. The molecular formula is C14H17Cl2N3OS2. The Hall–Kier alpha value is -0.790. The van der Waals surface area contributed by atoms with Crippen LogP contribution >= 0.6 is 47.1 Å². The van der Waals surface area contributed by atoms with Gasteiger partial charge in [-0.25, -0.2) is 4.98 Å². The lowest BCUT2D eigenvalue weighted by atomic mass is 10.3. The Bertz CT molecular complexity index is 634. The van der Waals surface area contributed by atoms with Crippen LogP contribution in [0.2, 0.25) is 5.02 Å². The van der Waals surface area contributed by atoms with Crippen LogP contribution in [0, 0.1) is 0 Å². The highest BCUT2D eigenvalue weighted by molar-refractivity contribution is 7.99. The first kappa shape index (κ1) is 19.3. The Morgan fingerprint density at radius 1 is 1.50 bits per heavy atom. The summed E-state index contributed by atoms with van der Waals surface area (Å²) in [6, 6.07) is 5.48. The molecule has 0 unspecified atom stereocenters. The number of rotatable bonds is 6. The number of nitrogens with two attached hydrogens (primary N) is 1. The molecule has 22 heavy (non-hydrogen) atoms. The Morgan fingerprint density at radius 3 is 2.95 bits per heavy atom. The number of anilines is 1. The summed E-state index contributed by atoms with van der Waals surface area (Å²) >= 11 is 9.10. The van der Waals surface area contributed by atoms with E-state index in [0.717, 1.165) is 15.7 Å². The third kappa shape index (κ3) is 5.14. The highest BCUT2D eigenvalue weighted by Crippen LogP contribution is 2.30. The lowest BCUT2D eigenvalue weighted by Crippen LogP contribution is -2.13. The average Bonchev–Trinajstić information content (AvgIpc) is 2.91. The van der Waals surface area contributed by atoms with Crippen molar-refractivity contribution in [1.29, 1.82) is 0 Å². The molecule has 0 spiro atoms. The molecule has 1 amide bonds. The Kier molecular flexibility index (Phi) is 8.20. The number of nitrogens with one attached hydrogen (secondary N) is 1. The van der Waals surface area contributed by atoms with Gasteiger partial charge in [-0.3, -0.25) is 4.79 Å². The second kappa shape index (κ2) is 9.37. The molecule has 0 radical (unpaired) electrons. The molecule has 0 bridgehead atoms. The van der Waals surface area contributed by atoms with Gasteiger partial charge in [0, 0.05) is 21.7 Å². The summed E-state index contributed by atoms with van der Waals surface area (Å²) in [4.78, 5) is 17.5. The Morgan fingerprint density at radius 2 is 2.27 bits per heavy atom. The minimum Gasteiger partial charge on any atom is -0.330 e. The topological polar surface area (TPSA) is 68.0 Å². The summed E-state index contributed by atoms with van der Waals surface area (Å²) in [5, 5.41) is 6.09. The number of carbonyl (C=O) groups excluding carboxylic acids is 1. The molecule has 1 aromatic heterocycles. The van der Waals surface area contributed by atoms with Crippen LogP contribution in [0.25, 0.3) is 0 Å². The van der Waals surface area contributed by atoms with E-state index in [1.54, 1.807) is 23.2 Å². The van der Waals surface area contributed by atoms with Crippen LogP contribution in [0.5, 0.6) is 0 Å².